The van der Waals surface area contributed by atoms with Crippen molar-refractivity contribution in [2.24, 2.45) is 17.6 Å². The van der Waals surface area contributed by atoms with Gasteiger partial charge in [0.1, 0.15) is 36.3 Å². The number of fused-ring (bicyclic) bond motifs is 6. The summed E-state index contributed by atoms with van der Waals surface area (Å²) in [4.78, 5) is 23.1. The van der Waals surface area contributed by atoms with Gasteiger partial charge in [-0.1, -0.05) is 20.1 Å². The average Bonchev–Trinajstić information content (AvgIpc) is 3.83. The van der Waals surface area contributed by atoms with Crippen molar-refractivity contribution in [3.63, 3.8) is 0 Å². The number of aliphatic hydroxyl groups is 1. The highest BCUT2D eigenvalue weighted by atomic mass is 16.8. The zero-order valence-electron chi connectivity index (χ0n) is 33.2. The molecule has 10 rings (SSSR count). The second-order valence-corrected chi connectivity index (χ2v) is 17.9. The summed E-state index contributed by atoms with van der Waals surface area (Å²) in [5.41, 5.74) is 8.01. The van der Waals surface area contributed by atoms with Crippen molar-refractivity contribution in [3.8, 4) is 0 Å². The molecule has 10 fully saturated rings. The molecule has 0 aromatic heterocycles. The quantitative estimate of drug-likeness (QED) is 0.352. The van der Waals surface area contributed by atoms with E-state index in [-0.39, 0.29) is 122 Å². The van der Waals surface area contributed by atoms with Gasteiger partial charge in [0.25, 0.3) is 5.97 Å². The first-order valence-electron chi connectivity index (χ1n) is 21.1. The fraction of sp³-hybridized carbons (Fsp3) is 0.857. The van der Waals surface area contributed by atoms with Crippen LogP contribution >= 0.6 is 0 Å². The van der Waals surface area contributed by atoms with Crippen LogP contribution in [0.15, 0.2) is 24.3 Å². The molecule has 0 aromatic rings. The topological polar surface area (TPSA) is 184 Å². The first-order chi connectivity index (χ1) is 26.8. The monoisotopic (exact) mass is 789 g/mol. The van der Waals surface area contributed by atoms with Crippen molar-refractivity contribution >= 4 is 11.8 Å². The number of aliphatic hydroxyl groups excluding tert-OH is 1. The average molecular weight is 790 g/mol. The van der Waals surface area contributed by atoms with Crippen LogP contribution < -0.4 is 5.73 Å². The van der Waals surface area contributed by atoms with Gasteiger partial charge in [-0.25, -0.2) is 0 Å². The maximum atomic E-state index is 14.1. The molecule has 10 aliphatic heterocycles. The molecule has 0 aliphatic carbocycles. The van der Waals surface area contributed by atoms with Crippen LogP contribution in [0.5, 0.6) is 0 Å². The molecule has 0 aromatic carbocycles. The first kappa shape index (κ1) is 40.9. The Labute approximate surface area is 330 Å². The van der Waals surface area contributed by atoms with Gasteiger partial charge >= 0.3 is 0 Å². The Morgan fingerprint density at radius 1 is 0.839 bits per heavy atom. The van der Waals surface area contributed by atoms with Gasteiger partial charge in [0.2, 0.25) is 0 Å². The summed E-state index contributed by atoms with van der Waals surface area (Å²) in [5, 5.41) is 18.0. The Morgan fingerprint density at radius 3 is 2.30 bits per heavy atom. The Kier molecular flexibility index (Phi) is 12.2. The number of carboxylic acids is 1. The molecule has 10 heterocycles. The lowest BCUT2D eigenvalue weighted by molar-refractivity contribution is -0.292. The van der Waals surface area contributed by atoms with Crippen molar-refractivity contribution in [1.82, 2.24) is 0 Å². The van der Waals surface area contributed by atoms with Gasteiger partial charge < -0.3 is 58.6 Å². The summed E-state index contributed by atoms with van der Waals surface area (Å²) in [5.74, 6) is -1.45. The number of carboxylic acid groups (broad SMARTS) is 1. The molecule has 0 unspecified atom stereocenters. The summed E-state index contributed by atoms with van der Waals surface area (Å²) in [7, 11) is 1.66. The van der Waals surface area contributed by atoms with Crippen LogP contribution in [0.25, 0.3) is 0 Å². The highest BCUT2D eigenvalue weighted by Crippen LogP contribution is 2.54. The van der Waals surface area contributed by atoms with Gasteiger partial charge in [-0.2, -0.15) is 0 Å². The maximum Gasteiger partial charge on any atom is 0.300 e. The van der Waals surface area contributed by atoms with Crippen LogP contribution in [0, 0.1) is 11.8 Å². The number of ether oxygens (including phenoxy) is 9. The van der Waals surface area contributed by atoms with E-state index in [1.54, 1.807) is 7.11 Å². The molecule has 56 heavy (non-hydrogen) atoms. The van der Waals surface area contributed by atoms with Gasteiger partial charge in [-0.15, -0.1) is 0 Å². The number of rotatable bonds is 4. The van der Waals surface area contributed by atoms with Crippen LogP contribution in [0.3, 0.4) is 0 Å². The zero-order valence-corrected chi connectivity index (χ0v) is 33.2. The van der Waals surface area contributed by atoms with E-state index >= 15 is 0 Å². The number of Topliss-reactive ketones (excluding diaryl/α,β-unsaturated/α-hetero) is 1. The predicted molar refractivity (Wildman–Crippen MR) is 200 cm³/mol. The van der Waals surface area contributed by atoms with Crippen LogP contribution in [-0.2, 0) is 52.2 Å². The standard InChI is InChI=1S/C40H59NO11.C2H4O2/c1-19-11-24-5-7-28-20(2)12-26(45-28)9-10-40-17-33-36(51-40)37-38(50-33)39(52-40)35-29(49-37)8-6-25(47-35)13-22(42)14-27-31(16-30(46-24)21(19)3)48-32(34(27)44-4)15-23(43)18-41;1-2(3)4/h19,23-39,43H,2-3,5-18,41H2,1,4H3;1H3,(H,3,4)/t19-,23+,24+,25-,26+,27+,28+,29+,30-,31+,32-,33-,34-,35+,36+,37+,38-,39+,40+;/m1./s1. The van der Waals surface area contributed by atoms with Crippen molar-refractivity contribution in [3.05, 3.63) is 24.3 Å². The van der Waals surface area contributed by atoms with Crippen molar-refractivity contribution in [1.29, 1.82) is 0 Å². The maximum absolute atomic E-state index is 14.1. The molecule has 0 radical (unpaired) electrons. The minimum Gasteiger partial charge on any atom is -0.481 e. The third-order valence-corrected chi connectivity index (χ3v) is 14.0. The number of hydrogen-bond donors (Lipinski definition) is 3. The summed E-state index contributed by atoms with van der Waals surface area (Å²) in [6.07, 6.45) is 4.85. The molecular weight excluding hydrogens is 726 g/mol. The molecule has 314 valence electrons. The van der Waals surface area contributed by atoms with E-state index in [2.05, 4.69) is 20.1 Å². The second kappa shape index (κ2) is 16.7. The van der Waals surface area contributed by atoms with E-state index in [0.29, 0.717) is 25.7 Å². The summed E-state index contributed by atoms with van der Waals surface area (Å²) >= 11 is 0. The van der Waals surface area contributed by atoms with Gasteiger partial charge in [0.15, 0.2) is 5.79 Å². The summed E-state index contributed by atoms with van der Waals surface area (Å²) in [6.45, 7) is 12.3. The molecule has 14 nitrogen and oxygen atoms in total. The molecule has 19 atom stereocenters. The van der Waals surface area contributed by atoms with Gasteiger partial charge in [-0.3, -0.25) is 9.59 Å². The van der Waals surface area contributed by atoms with E-state index < -0.39 is 24.0 Å². The fourth-order valence-corrected chi connectivity index (χ4v) is 11.3. The third-order valence-electron chi connectivity index (χ3n) is 14.0. The molecule has 10 saturated heterocycles. The van der Waals surface area contributed by atoms with Crippen molar-refractivity contribution in [2.75, 3.05) is 13.7 Å². The van der Waals surface area contributed by atoms with Crippen LogP contribution in [0.1, 0.15) is 97.3 Å². The van der Waals surface area contributed by atoms with Crippen LogP contribution in [-0.4, -0.2) is 139 Å². The first-order valence-corrected chi connectivity index (χ1v) is 21.1. The van der Waals surface area contributed by atoms with E-state index in [1.165, 1.54) is 0 Å². The molecule has 1 spiro atoms. The second-order valence-electron chi connectivity index (χ2n) is 17.9. The molecule has 14 heteroatoms. The fourth-order valence-electron chi connectivity index (χ4n) is 11.3. The van der Waals surface area contributed by atoms with Gasteiger partial charge in [0, 0.05) is 65.0 Å². The minimum absolute atomic E-state index is 0.0158. The summed E-state index contributed by atoms with van der Waals surface area (Å²) < 4.78 is 60.0. The zero-order chi connectivity index (χ0) is 39.5. The number of carbonyl (C=O) groups is 2. The molecule has 12 bridgehead atoms. The number of ketones is 1. The number of hydrogen-bond acceptors (Lipinski definition) is 13. The van der Waals surface area contributed by atoms with E-state index in [9.17, 15) is 9.90 Å². The Hall–Kier alpha value is -1.82. The molecule has 4 N–H and O–H groups in total. The molecular formula is C42H63NO13. The summed E-state index contributed by atoms with van der Waals surface area (Å²) in [6, 6.07) is 0. The van der Waals surface area contributed by atoms with Gasteiger partial charge in [-0.05, 0) is 62.0 Å². The third kappa shape index (κ3) is 8.19. The largest absolute Gasteiger partial charge is 0.481 e. The minimum atomic E-state index is -0.833. The van der Waals surface area contributed by atoms with E-state index in [4.69, 9.17) is 58.3 Å². The number of aliphatic carboxylic acids is 1. The number of carbonyl (C=O) groups excluding carboxylic acids is 1. The van der Waals surface area contributed by atoms with E-state index in [0.717, 1.165) is 63.0 Å². The lowest BCUT2D eigenvalue weighted by Gasteiger charge is -2.47. The lowest BCUT2D eigenvalue weighted by Crippen LogP contribution is -2.61. The lowest BCUT2D eigenvalue weighted by atomic mass is 9.81. The van der Waals surface area contributed by atoms with E-state index in [1.807, 2.05) is 0 Å². The Balaban J connectivity index is 0.00000105. The van der Waals surface area contributed by atoms with Crippen molar-refractivity contribution < 1.29 is 62.4 Å². The van der Waals surface area contributed by atoms with Gasteiger partial charge in [0.05, 0.1) is 67.1 Å². The Morgan fingerprint density at radius 2 is 1.54 bits per heavy atom. The highest BCUT2D eigenvalue weighted by molar-refractivity contribution is 5.79. The predicted octanol–water partition coefficient (Wildman–Crippen LogP) is 3.53. The van der Waals surface area contributed by atoms with Crippen molar-refractivity contribution in [2.45, 2.75) is 201 Å². The van der Waals surface area contributed by atoms with Crippen LogP contribution in [0.2, 0.25) is 0 Å². The normalized spacial score (nSPS) is 49.1. The molecule has 10 aliphatic rings. The number of methoxy groups -OCH3 is 1. The Bertz CT molecular complexity index is 1470. The smallest absolute Gasteiger partial charge is 0.300 e. The number of nitrogens with two attached hydrogens (primary N) is 1. The molecule has 0 saturated carbocycles. The van der Waals surface area contributed by atoms with Crippen LogP contribution in [0.4, 0.5) is 0 Å². The molecule has 0 amide bonds. The highest BCUT2D eigenvalue weighted by Gasteiger charge is 2.68. The SMILES string of the molecule is C=C1C[C@@H]2CC[C@@]34C[C@H]5O[C@H]6[C@@H](O3)[C@H]3O[C@H](CC[C@@H]3O[C@H]6[C@H]5O4)CC(=O)C[C@@H]3[C@@H](OC)[C@@H](C[C@H](O)CN)O[C@H]3C[C@H]3O[C@@H](CC[C@@H]1O2)C[C@@H](C)C3=C.CC(=O)O.